The van der Waals surface area contributed by atoms with Gasteiger partial charge in [-0.2, -0.15) is 0 Å². The molecule has 0 saturated carbocycles. The predicted octanol–water partition coefficient (Wildman–Crippen LogP) is 2.48. The van der Waals surface area contributed by atoms with E-state index in [0.717, 1.165) is 15.3 Å². The van der Waals surface area contributed by atoms with E-state index in [1.807, 2.05) is 38.1 Å². The summed E-state index contributed by atoms with van der Waals surface area (Å²) in [5.41, 5.74) is 0.673. The summed E-state index contributed by atoms with van der Waals surface area (Å²) < 4.78 is 1.16. The van der Waals surface area contributed by atoms with Gasteiger partial charge in [-0.3, -0.25) is 0 Å². The van der Waals surface area contributed by atoms with E-state index < -0.39 is 0 Å². The lowest BCUT2D eigenvalue weighted by Gasteiger charge is -2.22. The second-order valence-corrected chi connectivity index (χ2v) is 5.18. The Hall–Kier alpha value is -1.13. The van der Waals surface area contributed by atoms with Gasteiger partial charge in [0.25, 0.3) is 0 Å². The van der Waals surface area contributed by atoms with Gasteiger partial charge in [0.1, 0.15) is 0 Å². The van der Waals surface area contributed by atoms with Crippen LogP contribution in [0.5, 0.6) is 0 Å². The summed E-state index contributed by atoms with van der Waals surface area (Å²) in [4.78, 5) is 4.44. The van der Waals surface area contributed by atoms with Gasteiger partial charge >= 0.3 is 0 Å². The molecular formula is C11H14N2OS. The van der Waals surface area contributed by atoms with Gasteiger partial charge in [0.05, 0.1) is 22.4 Å². The highest BCUT2D eigenvalue weighted by molar-refractivity contribution is 7.22. The van der Waals surface area contributed by atoms with Crippen LogP contribution in [0.1, 0.15) is 13.8 Å². The van der Waals surface area contributed by atoms with Crippen molar-refractivity contribution < 1.29 is 5.11 Å². The largest absolute Gasteiger partial charge is 0.394 e. The molecular weight excluding hydrogens is 208 g/mol. The van der Waals surface area contributed by atoms with Crippen LogP contribution in [-0.4, -0.2) is 22.2 Å². The second kappa shape index (κ2) is 3.79. The molecule has 0 unspecified atom stereocenters. The molecule has 0 bridgehead atoms. The van der Waals surface area contributed by atoms with Crippen LogP contribution in [0.2, 0.25) is 0 Å². The topological polar surface area (TPSA) is 45.1 Å². The SMILES string of the molecule is CC(C)(CO)Nc1nc2ccccc2s1. The number of nitrogens with one attached hydrogen (secondary N) is 1. The van der Waals surface area contributed by atoms with Gasteiger partial charge in [-0.25, -0.2) is 4.98 Å². The first-order valence-electron chi connectivity index (χ1n) is 4.85. The Bertz CT molecular complexity index is 431. The molecule has 0 saturated heterocycles. The number of fused-ring (bicyclic) bond motifs is 1. The number of aromatic nitrogens is 1. The third-order valence-corrected chi connectivity index (χ3v) is 3.09. The number of nitrogens with zero attached hydrogens (tertiary/aromatic N) is 1. The number of hydrogen-bond acceptors (Lipinski definition) is 4. The Morgan fingerprint density at radius 2 is 2.13 bits per heavy atom. The first-order valence-corrected chi connectivity index (χ1v) is 5.67. The zero-order valence-corrected chi connectivity index (χ0v) is 9.64. The first kappa shape index (κ1) is 10.4. The average molecular weight is 222 g/mol. The summed E-state index contributed by atoms with van der Waals surface area (Å²) in [5.74, 6) is 0. The third kappa shape index (κ3) is 2.27. The summed E-state index contributed by atoms with van der Waals surface area (Å²) in [6.07, 6.45) is 0. The third-order valence-electron chi connectivity index (χ3n) is 2.13. The normalized spacial score (nSPS) is 11.9. The van der Waals surface area contributed by atoms with Crippen molar-refractivity contribution in [2.75, 3.05) is 11.9 Å². The molecule has 0 atom stereocenters. The van der Waals surface area contributed by atoms with E-state index in [2.05, 4.69) is 10.3 Å². The highest BCUT2D eigenvalue weighted by Gasteiger charge is 2.17. The van der Waals surface area contributed by atoms with Crippen LogP contribution in [0.3, 0.4) is 0 Å². The van der Waals surface area contributed by atoms with Crippen molar-refractivity contribution in [3.8, 4) is 0 Å². The summed E-state index contributed by atoms with van der Waals surface area (Å²) in [6.45, 7) is 3.97. The van der Waals surface area contributed by atoms with Crippen LogP contribution in [0, 0.1) is 0 Å². The highest BCUT2D eigenvalue weighted by Crippen LogP contribution is 2.27. The Balaban J connectivity index is 2.30. The number of hydrogen-bond donors (Lipinski definition) is 2. The molecule has 0 aliphatic heterocycles. The zero-order valence-electron chi connectivity index (χ0n) is 8.82. The Morgan fingerprint density at radius 3 is 2.80 bits per heavy atom. The van der Waals surface area contributed by atoms with Crippen LogP contribution >= 0.6 is 11.3 Å². The van der Waals surface area contributed by atoms with Crippen molar-refractivity contribution in [1.29, 1.82) is 0 Å². The smallest absolute Gasteiger partial charge is 0.184 e. The molecule has 1 heterocycles. The van der Waals surface area contributed by atoms with Gasteiger partial charge in [-0.05, 0) is 26.0 Å². The molecule has 15 heavy (non-hydrogen) atoms. The van der Waals surface area contributed by atoms with Gasteiger partial charge < -0.3 is 10.4 Å². The Morgan fingerprint density at radius 1 is 1.40 bits per heavy atom. The maximum atomic E-state index is 9.14. The number of benzene rings is 1. The van der Waals surface area contributed by atoms with Crippen LogP contribution in [-0.2, 0) is 0 Å². The van der Waals surface area contributed by atoms with Gasteiger partial charge in [-0.15, -0.1) is 0 Å². The molecule has 0 aliphatic carbocycles. The summed E-state index contributed by atoms with van der Waals surface area (Å²) in [6, 6.07) is 8.01. The number of para-hydroxylation sites is 1. The lowest BCUT2D eigenvalue weighted by Crippen LogP contribution is -2.34. The molecule has 1 aromatic carbocycles. The molecule has 0 fully saturated rings. The van der Waals surface area contributed by atoms with E-state index in [1.54, 1.807) is 11.3 Å². The number of aliphatic hydroxyl groups is 1. The molecule has 3 nitrogen and oxygen atoms in total. The Kier molecular flexibility index (Phi) is 2.63. The predicted molar refractivity (Wildman–Crippen MR) is 64.4 cm³/mol. The first-order chi connectivity index (χ1) is 7.11. The molecule has 0 aliphatic rings. The van der Waals surface area contributed by atoms with E-state index >= 15 is 0 Å². The monoisotopic (exact) mass is 222 g/mol. The maximum absolute atomic E-state index is 9.14. The molecule has 0 amide bonds. The van der Waals surface area contributed by atoms with E-state index in [9.17, 15) is 0 Å². The molecule has 0 radical (unpaired) electrons. The summed E-state index contributed by atoms with van der Waals surface area (Å²) in [5, 5.41) is 13.2. The van der Waals surface area contributed by atoms with E-state index in [1.165, 1.54) is 0 Å². The second-order valence-electron chi connectivity index (χ2n) is 4.15. The minimum atomic E-state index is -0.326. The quantitative estimate of drug-likeness (QED) is 0.838. The summed E-state index contributed by atoms with van der Waals surface area (Å²) in [7, 11) is 0. The molecule has 80 valence electrons. The number of anilines is 1. The molecule has 2 N–H and O–H groups in total. The fourth-order valence-electron chi connectivity index (χ4n) is 1.25. The Labute approximate surface area is 92.8 Å². The lowest BCUT2D eigenvalue weighted by atomic mass is 10.1. The van der Waals surface area contributed by atoms with Crippen molar-refractivity contribution in [2.45, 2.75) is 19.4 Å². The van der Waals surface area contributed by atoms with Crippen molar-refractivity contribution in [1.82, 2.24) is 4.98 Å². The molecule has 1 aromatic heterocycles. The zero-order chi connectivity index (χ0) is 10.9. The van der Waals surface area contributed by atoms with Gasteiger partial charge in [0, 0.05) is 0 Å². The molecule has 2 aromatic rings. The average Bonchev–Trinajstić information content (AvgIpc) is 2.58. The van der Waals surface area contributed by atoms with E-state index in [-0.39, 0.29) is 12.1 Å². The van der Waals surface area contributed by atoms with Crippen LogP contribution in [0.15, 0.2) is 24.3 Å². The molecule has 2 rings (SSSR count). The van der Waals surface area contributed by atoms with Crippen molar-refractivity contribution in [2.24, 2.45) is 0 Å². The number of thiazole rings is 1. The van der Waals surface area contributed by atoms with Gasteiger partial charge in [0.15, 0.2) is 5.13 Å². The fourth-order valence-corrected chi connectivity index (χ4v) is 2.30. The van der Waals surface area contributed by atoms with Gasteiger partial charge in [-0.1, -0.05) is 23.5 Å². The lowest BCUT2D eigenvalue weighted by molar-refractivity contribution is 0.234. The van der Waals surface area contributed by atoms with Crippen LogP contribution in [0.4, 0.5) is 5.13 Å². The van der Waals surface area contributed by atoms with E-state index in [0.29, 0.717) is 0 Å². The standard InChI is InChI=1S/C11H14N2OS/c1-11(2,7-14)13-10-12-8-5-3-4-6-9(8)15-10/h3-6,14H,7H2,1-2H3,(H,12,13). The maximum Gasteiger partial charge on any atom is 0.184 e. The van der Waals surface area contributed by atoms with Crippen LogP contribution in [0.25, 0.3) is 10.2 Å². The van der Waals surface area contributed by atoms with E-state index in [4.69, 9.17) is 5.11 Å². The van der Waals surface area contributed by atoms with Crippen molar-refractivity contribution in [3.63, 3.8) is 0 Å². The van der Waals surface area contributed by atoms with Gasteiger partial charge in [0.2, 0.25) is 0 Å². The number of aliphatic hydroxyl groups excluding tert-OH is 1. The van der Waals surface area contributed by atoms with Crippen molar-refractivity contribution in [3.05, 3.63) is 24.3 Å². The summed E-state index contributed by atoms with van der Waals surface area (Å²) >= 11 is 1.61. The minimum Gasteiger partial charge on any atom is -0.394 e. The fraction of sp³-hybridized carbons (Fsp3) is 0.364. The molecule has 4 heteroatoms. The van der Waals surface area contributed by atoms with Crippen LogP contribution < -0.4 is 5.32 Å². The van der Waals surface area contributed by atoms with Crippen molar-refractivity contribution >= 4 is 26.7 Å². The minimum absolute atomic E-state index is 0.0862. The molecule has 0 spiro atoms. The number of rotatable bonds is 3. The highest BCUT2D eigenvalue weighted by atomic mass is 32.1.